The van der Waals surface area contributed by atoms with Crippen LogP contribution in [0, 0.1) is 0 Å². The van der Waals surface area contributed by atoms with Crippen LogP contribution in [0.1, 0.15) is 30.8 Å². The number of imidazole rings is 1. The minimum Gasteiger partial charge on any atom is -0.341 e. The fraction of sp³-hybridized carbons (Fsp3) is 0.529. The molecule has 1 amide bonds. The van der Waals surface area contributed by atoms with Gasteiger partial charge in [-0.15, -0.1) is 24.2 Å². The fourth-order valence-electron chi connectivity index (χ4n) is 2.97. The van der Waals surface area contributed by atoms with Crippen molar-refractivity contribution < 1.29 is 4.79 Å². The van der Waals surface area contributed by atoms with E-state index >= 15 is 0 Å². The minimum absolute atomic E-state index is 0. The third-order valence-corrected chi connectivity index (χ3v) is 5.57. The third-order valence-electron chi connectivity index (χ3n) is 4.43. The second kappa shape index (κ2) is 8.74. The molecule has 2 unspecified atom stereocenters. The molecule has 2 N–H and O–H groups in total. The van der Waals surface area contributed by atoms with Gasteiger partial charge < -0.3 is 15.2 Å². The number of aromatic nitrogens is 2. The van der Waals surface area contributed by atoms with Crippen molar-refractivity contribution in [3.05, 3.63) is 30.1 Å². The van der Waals surface area contributed by atoms with E-state index in [1.807, 2.05) is 36.2 Å². The van der Waals surface area contributed by atoms with Crippen LogP contribution in [0.3, 0.4) is 0 Å². The van der Waals surface area contributed by atoms with Crippen LogP contribution in [-0.2, 0) is 4.79 Å². The lowest BCUT2D eigenvalue weighted by Crippen LogP contribution is -2.47. The summed E-state index contributed by atoms with van der Waals surface area (Å²) in [5.41, 5.74) is 2.03. The standard InChI is InChI=1S/C17H24N4OS.ClH/c1-12(17-19-14-7-3-4-8-15(14)20-17)23-11-16(22)21-9-5-6-13(10-21)18-2;/h3-4,7-8,12-13,18H,5-6,9-11H2,1-2H3,(H,19,20);1H. The van der Waals surface area contributed by atoms with Crippen molar-refractivity contribution in [1.29, 1.82) is 0 Å². The molecule has 132 valence electrons. The highest BCUT2D eigenvalue weighted by Gasteiger charge is 2.23. The van der Waals surface area contributed by atoms with Gasteiger partial charge in [0.2, 0.25) is 5.91 Å². The molecule has 1 aliphatic rings. The molecule has 0 radical (unpaired) electrons. The Labute approximate surface area is 153 Å². The molecule has 7 heteroatoms. The van der Waals surface area contributed by atoms with Crippen molar-refractivity contribution >= 4 is 41.1 Å². The Hall–Kier alpha value is -1.24. The first-order valence-electron chi connectivity index (χ1n) is 8.18. The van der Waals surface area contributed by atoms with Crippen LogP contribution >= 0.6 is 24.2 Å². The molecule has 24 heavy (non-hydrogen) atoms. The number of halogens is 1. The number of hydrogen-bond donors (Lipinski definition) is 2. The Morgan fingerprint density at radius 2 is 2.29 bits per heavy atom. The molecule has 1 saturated heterocycles. The van der Waals surface area contributed by atoms with Gasteiger partial charge in [0.15, 0.2) is 0 Å². The maximum atomic E-state index is 12.4. The maximum absolute atomic E-state index is 12.4. The van der Waals surface area contributed by atoms with E-state index in [-0.39, 0.29) is 23.6 Å². The monoisotopic (exact) mass is 368 g/mol. The van der Waals surface area contributed by atoms with Gasteiger partial charge in [-0.05, 0) is 38.9 Å². The molecule has 0 bridgehead atoms. The summed E-state index contributed by atoms with van der Waals surface area (Å²) in [7, 11) is 1.97. The van der Waals surface area contributed by atoms with Gasteiger partial charge in [-0.1, -0.05) is 12.1 Å². The number of nitrogens with zero attached hydrogens (tertiary/aromatic N) is 2. The minimum atomic E-state index is 0. The van der Waals surface area contributed by atoms with Gasteiger partial charge in [0, 0.05) is 19.1 Å². The number of nitrogens with one attached hydrogen (secondary N) is 2. The number of amides is 1. The molecule has 5 nitrogen and oxygen atoms in total. The topological polar surface area (TPSA) is 61.0 Å². The molecule has 2 aromatic rings. The highest BCUT2D eigenvalue weighted by Crippen LogP contribution is 2.28. The summed E-state index contributed by atoms with van der Waals surface area (Å²) in [6.45, 7) is 3.81. The summed E-state index contributed by atoms with van der Waals surface area (Å²) in [4.78, 5) is 22.4. The molecule has 2 atom stereocenters. The Morgan fingerprint density at radius 3 is 3.04 bits per heavy atom. The molecule has 1 aromatic carbocycles. The molecule has 0 spiro atoms. The maximum Gasteiger partial charge on any atom is 0.232 e. The van der Waals surface area contributed by atoms with Crippen LogP contribution < -0.4 is 5.32 Å². The zero-order valence-electron chi connectivity index (χ0n) is 14.1. The lowest BCUT2D eigenvalue weighted by molar-refractivity contribution is -0.129. The average Bonchev–Trinajstić information content (AvgIpc) is 3.03. The number of carbonyl (C=O) groups excluding carboxylic acids is 1. The lowest BCUT2D eigenvalue weighted by Gasteiger charge is -2.32. The van der Waals surface area contributed by atoms with Gasteiger partial charge in [-0.3, -0.25) is 4.79 Å². The first kappa shape index (κ1) is 19.1. The van der Waals surface area contributed by atoms with Crippen LogP contribution in [-0.4, -0.2) is 52.7 Å². The van der Waals surface area contributed by atoms with Crippen molar-refractivity contribution in [2.75, 3.05) is 25.9 Å². The van der Waals surface area contributed by atoms with Gasteiger partial charge in [0.1, 0.15) is 5.82 Å². The SMILES string of the molecule is CNC1CCCN(C(=O)CSC(C)c2nc3ccccc3[nH]2)C1.Cl. The van der Waals surface area contributed by atoms with Crippen LogP contribution in [0.4, 0.5) is 0 Å². The predicted octanol–water partition coefficient (Wildman–Crippen LogP) is 2.99. The van der Waals surface area contributed by atoms with Crippen molar-refractivity contribution in [2.24, 2.45) is 0 Å². The fourth-order valence-corrected chi connectivity index (χ4v) is 3.82. The van der Waals surface area contributed by atoms with Gasteiger partial charge in [-0.25, -0.2) is 4.98 Å². The predicted molar refractivity (Wildman–Crippen MR) is 103 cm³/mol. The molecule has 2 heterocycles. The molecule has 3 rings (SSSR count). The van der Waals surface area contributed by atoms with Crippen molar-refractivity contribution in [3.63, 3.8) is 0 Å². The number of likely N-dealkylation sites (tertiary alicyclic amines) is 1. The van der Waals surface area contributed by atoms with Crippen LogP contribution in [0.5, 0.6) is 0 Å². The van der Waals surface area contributed by atoms with E-state index in [1.165, 1.54) is 0 Å². The Kier molecular flexibility index (Phi) is 6.95. The summed E-state index contributed by atoms with van der Waals surface area (Å²) < 4.78 is 0. The number of H-pyrrole nitrogens is 1. The van der Waals surface area contributed by atoms with Crippen LogP contribution in [0.25, 0.3) is 11.0 Å². The summed E-state index contributed by atoms with van der Waals surface area (Å²) in [6, 6.07) is 8.46. The summed E-state index contributed by atoms with van der Waals surface area (Å²) in [5.74, 6) is 1.68. The van der Waals surface area contributed by atoms with E-state index in [1.54, 1.807) is 11.8 Å². The van der Waals surface area contributed by atoms with Crippen LogP contribution in [0.2, 0.25) is 0 Å². The first-order valence-corrected chi connectivity index (χ1v) is 9.23. The van der Waals surface area contributed by atoms with E-state index in [0.29, 0.717) is 11.8 Å². The molecule has 1 aliphatic heterocycles. The molecule has 0 saturated carbocycles. The highest BCUT2D eigenvalue weighted by atomic mass is 35.5. The van der Waals surface area contributed by atoms with E-state index in [0.717, 1.165) is 42.8 Å². The Bertz CT molecular complexity index is 644. The number of hydrogen-bond acceptors (Lipinski definition) is 4. The third kappa shape index (κ3) is 4.43. The highest BCUT2D eigenvalue weighted by molar-refractivity contribution is 8.00. The number of carbonyl (C=O) groups is 1. The number of rotatable bonds is 5. The molecular formula is C17H25ClN4OS. The second-order valence-electron chi connectivity index (χ2n) is 6.06. The average molecular weight is 369 g/mol. The number of fused-ring (bicyclic) bond motifs is 1. The first-order chi connectivity index (χ1) is 11.2. The zero-order chi connectivity index (χ0) is 16.2. The summed E-state index contributed by atoms with van der Waals surface area (Å²) in [6.07, 6.45) is 2.24. The quantitative estimate of drug-likeness (QED) is 0.851. The number of para-hydroxylation sites is 2. The number of likely N-dealkylation sites (N-methyl/N-ethyl adjacent to an activating group) is 1. The number of piperidine rings is 1. The second-order valence-corrected chi connectivity index (χ2v) is 7.39. The van der Waals surface area contributed by atoms with Crippen molar-refractivity contribution in [2.45, 2.75) is 31.1 Å². The molecule has 0 aliphatic carbocycles. The van der Waals surface area contributed by atoms with Gasteiger partial charge >= 0.3 is 0 Å². The largest absolute Gasteiger partial charge is 0.341 e. The lowest BCUT2D eigenvalue weighted by atomic mass is 10.1. The Morgan fingerprint density at radius 1 is 1.50 bits per heavy atom. The number of aromatic amines is 1. The zero-order valence-corrected chi connectivity index (χ0v) is 15.8. The number of thioether (sulfide) groups is 1. The summed E-state index contributed by atoms with van der Waals surface area (Å²) in [5, 5.41) is 3.46. The molecule has 1 fully saturated rings. The van der Waals surface area contributed by atoms with Crippen LogP contribution in [0.15, 0.2) is 24.3 Å². The molecular weight excluding hydrogens is 344 g/mol. The Balaban J connectivity index is 0.00000208. The number of benzene rings is 1. The van der Waals surface area contributed by atoms with Gasteiger partial charge in [0.25, 0.3) is 0 Å². The van der Waals surface area contributed by atoms with Gasteiger partial charge in [-0.2, -0.15) is 0 Å². The van der Waals surface area contributed by atoms with E-state index < -0.39 is 0 Å². The summed E-state index contributed by atoms with van der Waals surface area (Å²) >= 11 is 1.65. The molecule has 1 aromatic heterocycles. The smallest absolute Gasteiger partial charge is 0.232 e. The van der Waals surface area contributed by atoms with Crippen molar-refractivity contribution in [1.82, 2.24) is 20.2 Å². The van der Waals surface area contributed by atoms with E-state index in [2.05, 4.69) is 22.2 Å². The normalized spacial score (nSPS) is 19.1. The van der Waals surface area contributed by atoms with Crippen molar-refractivity contribution in [3.8, 4) is 0 Å². The van der Waals surface area contributed by atoms with E-state index in [9.17, 15) is 4.79 Å². The van der Waals surface area contributed by atoms with Gasteiger partial charge in [0.05, 0.1) is 22.0 Å². The van der Waals surface area contributed by atoms with E-state index in [4.69, 9.17) is 0 Å².